The Hall–Kier alpha value is -1.78. The molecule has 0 aromatic carbocycles. The molecule has 1 heterocycles. The van der Waals surface area contributed by atoms with Crippen LogP contribution in [-0.2, 0) is 6.54 Å². The number of hydrogen-bond acceptors (Lipinski definition) is 2. The van der Waals surface area contributed by atoms with Crippen molar-refractivity contribution in [1.82, 2.24) is 20.0 Å². The van der Waals surface area contributed by atoms with E-state index in [9.17, 15) is 0 Å². The first-order valence-electron chi connectivity index (χ1n) is 6.78. The maximum absolute atomic E-state index is 4.28. The van der Waals surface area contributed by atoms with Crippen molar-refractivity contribution < 1.29 is 0 Å². The van der Waals surface area contributed by atoms with E-state index in [1.165, 1.54) is 0 Å². The minimum atomic E-state index is 0.901. The highest BCUT2D eigenvalue weighted by Gasteiger charge is 2.03. The second-order valence-corrected chi connectivity index (χ2v) is 4.45. The topological polar surface area (TPSA) is 45.5 Å². The Bertz CT molecular complexity index is 369. The van der Waals surface area contributed by atoms with E-state index in [0.717, 1.165) is 44.9 Å². The lowest BCUT2D eigenvalue weighted by Gasteiger charge is -2.21. The normalized spacial score (nSPS) is 11.4. The van der Waals surface area contributed by atoms with Gasteiger partial charge < -0.3 is 10.2 Å². The molecule has 0 unspecified atom stereocenters. The Morgan fingerprint density at radius 2 is 2.37 bits per heavy atom. The highest BCUT2D eigenvalue weighted by atomic mass is 15.3. The van der Waals surface area contributed by atoms with Crippen molar-refractivity contribution in [3.05, 3.63) is 31.1 Å². The third-order valence-electron chi connectivity index (χ3n) is 2.88. The van der Waals surface area contributed by atoms with Gasteiger partial charge in [-0.1, -0.05) is 6.08 Å². The number of aromatic nitrogens is 2. The molecule has 106 valence electrons. The predicted octanol–water partition coefficient (Wildman–Crippen LogP) is 1.75. The third-order valence-corrected chi connectivity index (χ3v) is 2.88. The molecule has 0 saturated heterocycles. The molecule has 1 rings (SSSR count). The van der Waals surface area contributed by atoms with Crippen molar-refractivity contribution >= 4 is 5.96 Å². The second kappa shape index (κ2) is 9.19. The molecule has 0 radical (unpaired) electrons. The summed E-state index contributed by atoms with van der Waals surface area (Å²) in [6.07, 6.45) is 8.92. The van der Waals surface area contributed by atoms with Crippen molar-refractivity contribution in [2.24, 2.45) is 4.99 Å². The van der Waals surface area contributed by atoms with Crippen molar-refractivity contribution in [2.75, 3.05) is 27.2 Å². The van der Waals surface area contributed by atoms with Crippen molar-refractivity contribution in [1.29, 1.82) is 0 Å². The molecule has 1 aromatic rings. The molecule has 0 atom stereocenters. The fourth-order valence-corrected chi connectivity index (χ4v) is 1.84. The summed E-state index contributed by atoms with van der Waals surface area (Å²) in [6.45, 7) is 6.55. The summed E-state index contributed by atoms with van der Waals surface area (Å²) in [5.74, 6) is 0.949. The Labute approximate surface area is 116 Å². The summed E-state index contributed by atoms with van der Waals surface area (Å²) >= 11 is 0. The number of unbranched alkanes of at least 4 members (excludes halogenated alkanes) is 1. The molecule has 0 spiro atoms. The van der Waals surface area contributed by atoms with Crippen LogP contribution in [0.4, 0.5) is 0 Å². The first kappa shape index (κ1) is 15.3. The van der Waals surface area contributed by atoms with E-state index < -0.39 is 0 Å². The van der Waals surface area contributed by atoms with Gasteiger partial charge in [-0.05, 0) is 25.3 Å². The average molecular weight is 263 g/mol. The largest absolute Gasteiger partial charge is 0.356 e. The standard InChI is InChI=1S/C14H25N5/c1-4-5-6-11-18(3)14(15-2)16-9-7-12-19-13-8-10-17-19/h4,8,10,13H,1,5-7,9,11-12H2,2-3H3,(H,15,16). The van der Waals surface area contributed by atoms with Crippen LogP contribution in [0.15, 0.2) is 36.1 Å². The van der Waals surface area contributed by atoms with E-state index in [4.69, 9.17) is 0 Å². The van der Waals surface area contributed by atoms with Gasteiger partial charge in [-0.25, -0.2) is 0 Å². The van der Waals surface area contributed by atoms with Crippen molar-refractivity contribution in [3.63, 3.8) is 0 Å². The first-order valence-corrected chi connectivity index (χ1v) is 6.78. The number of rotatable bonds is 8. The van der Waals surface area contributed by atoms with Gasteiger partial charge in [0, 0.05) is 46.1 Å². The number of nitrogens with zero attached hydrogens (tertiary/aromatic N) is 4. The van der Waals surface area contributed by atoms with Crippen LogP contribution >= 0.6 is 0 Å². The number of allylic oxidation sites excluding steroid dienone is 1. The van der Waals surface area contributed by atoms with Gasteiger partial charge in [0.05, 0.1) is 0 Å². The molecule has 1 N–H and O–H groups in total. The Balaban J connectivity index is 2.19. The predicted molar refractivity (Wildman–Crippen MR) is 80.3 cm³/mol. The Kier molecular flexibility index (Phi) is 7.39. The number of aliphatic imine (C=N–C) groups is 1. The minimum absolute atomic E-state index is 0.901. The monoisotopic (exact) mass is 263 g/mol. The molecular weight excluding hydrogens is 238 g/mol. The fourth-order valence-electron chi connectivity index (χ4n) is 1.84. The van der Waals surface area contributed by atoms with Gasteiger partial charge >= 0.3 is 0 Å². The van der Waals surface area contributed by atoms with Gasteiger partial charge in [0.2, 0.25) is 0 Å². The summed E-state index contributed by atoms with van der Waals surface area (Å²) in [6, 6.07) is 1.94. The summed E-state index contributed by atoms with van der Waals surface area (Å²) in [4.78, 5) is 6.43. The van der Waals surface area contributed by atoms with Crippen LogP contribution in [0.25, 0.3) is 0 Å². The molecule has 0 aliphatic rings. The Morgan fingerprint density at radius 1 is 1.53 bits per heavy atom. The van der Waals surface area contributed by atoms with Crippen LogP contribution in [0.1, 0.15) is 19.3 Å². The maximum Gasteiger partial charge on any atom is 0.193 e. The van der Waals surface area contributed by atoms with E-state index in [0.29, 0.717) is 0 Å². The molecular formula is C14H25N5. The molecule has 0 amide bonds. The van der Waals surface area contributed by atoms with Crippen LogP contribution < -0.4 is 5.32 Å². The molecule has 0 saturated carbocycles. The van der Waals surface area contributed by atoms with Gasteiger partial charge in [0.25, 0.3) is 0 Å². The van der Waals surface area contributed by atoms with E-state index in [1.807, 2.05) is 30.1 Å². The zero-order valence-electron chi connectivity index (χ0n) is 12.0. The summed E-state index contributed by atoms with van der Waals surface area (Å²) in [5, 5.41) is 7.54. The molecule has 0 aliphatic heterocycles. The van der Waals surface area contributed by atoms with Crippen LogP contribution in [0.3, 0.4) is 0 Å². The number of hydrogen-bond donors (Lipinski definition) is 1. The number of aryl methyl sites for hydroxylation is 1. The van der Waals surface area contributed by atoms with Crippen LogP contribution in [0.5, 0.6) is 0 Å². The number of nitrogens with one attached hydrogen (secondary N) is 1. The molecule has 19 heavy (non-hydrogen) atoms. The van der Waals surface area contributed by atoms with Crippen LogP contribution in [-0.4, -0.2) is 47.8 Å². The second-order valence-electron chi connectivity index (χ2n) is 4.45. The van der Waals surface area contributed by atoms with Crippen LogP contribution in [0, 0.1) is 0 Å². The molecule has 5 nitrogen and oxygen atoms in total. The number of guanidine groups is 1. The zero-order valence-corrected chi connectivity index (χ0v) is 12.0. The molecule has 1 aromatic heterocycles. The lowest BCUT2D eigenvalue weighted by atomic mass is 10.3. The Morgan fingerprint density at radius 3 is 3.00 bits per heavy atom. The summed E-state index contributed by atoms with van der Waals surface area (Å²) < 4.78 is 1.94. The van der Waals surface area contributed by atoms with E-state index in [2.05, 4.69) is 33.9 Å². The molecule has 5 heteroatoms. The van der Waals surface area contributed by atoms with E-state index in [1.54, 1.807) is 6.20 Å². The third kappa shape index (κ3) is 6.08. The van der Waals surface area contributed by atoms with E-state index >= 15 is 0 Å². The maximum atomic E-state index is 4.28. The molecule has 0 aliphatic carbocycles. The highest BCUT2D eigenvalue weighted by Crippen LogP contribution is 1.95. The molecule has 0 bridgehead atoms. The quantitative estimate of drug-likeness (QED) is 0.336. The van der Waals surface area contributed by atoms with Crippen LogP contribution in [0.2, 0.25) is 0 Å². The van der Waals surface area contributed by atoms with Gasteiger partial charge in [0.1, 0.15) is 0 Å². The lowest BCUT2D eigenvalue weighted by molar-refractivity contribution is 0.465. The van der Waals surface area contributed by atoms with Crippen molar-refractivity contribution in [2.45, 2.75) is 25.8 Å². The first-order chi connectivity index (χ1) is 9.27. The van der Waals surface area contributed by atoms with Crippen molar-refractivity contribution in [3.8, 4) is 0 Å². The van der Waals surface area contributed by atoms with Gasteiger partial charge in [-0.3, -0.25) is 9.67 Å². The highest BCUT2D eigenvalue weighted by molar-refractivity contribution is 5.79. The van der Waals surface area contributed by atoms with Gasteiger partial charge in [-0.2, -0.15) is 5.10 Å². The van der Waals surface area contributed by atoms with E-state index in [-0.39, 0.29) is 0 Å². The average Bonchev–Trinajstić information content (AvgIpc) is 2.92. The fraction of sp³-hybridized carbons (Fsp3) is 0.571. The van der Waals surface area contributed by atoms with Gasteiger partial charge in [-0.15, -0.1) is 6.58 Å². The SMILES string of the molecule is C=CCCCN(C)C(=NC)NCCCn1cccn1. The van der Waals surface area contributed by atoms with Gasteiger partial charge in [0.15, 0.2) is 5.96 Å². The summed E-state index contributed by atoms with van der Waals surface area (Å²) in [7, 11) is 3.88. The smallest absolute Gasteiger partial charge is 0.193 e. The minimum Gasteiger partial charge on any atom is -0.356 e. The zero-order chi connectivity index (χ0) is 13.9. The summed E-state index contributed by atoms with van der Waals surface area (Å²) in [5.41, 5.74) is 0. The lowest BCUT2D eigenvalue weighted by Crippen LogP contribution is -2.40. The molecule has 0 fully saturated rings.